The van der Waals surface area contributed by atoms with Crippen molar-refractivity contribution in [2.45, 2.75) is 237 Å². The van der Waals surface area contributed by atoms with Crippen LogP contribution >= 0.6 is 0 Å². The second kappa shape index (κ2) is 28.3. The van der Waals surface area contributed by atoms with Crippen molar-refractivity contribution in [3.05, 3.63) is 23.8 Å². The number of cyclic esters (lactones) is 1. The van der Waals surface area contributed by atoms with Crippen LogP contribution in [-0.4, -0.2) is 189 Å². The number of nitrogens with one attached hydrogen (secondary N) is 2. The average molecular weight is 1080 g/mol. The summed E-state index contributed by atoms with van der Waals surface area (Å²) in [7, 11) is 5.27. The molecule has 7 aliphatic rings. The first kappa shape index (κ1) is 66.0. The van der Waals surface area contributed by atoms with E-state index in [0.29, 0.717) is 64.5 Å². The second-order valence-corrected chi connectivity index (χ2v) is 24.1. The summed E-state index contributed by atoms with van der Waals surface area (Å²) in [5, 5.41) is 83.3. The summed E-state index contributed by atoms with van der Waals surface area (Å²) in [6.07, 6.45) is 5.24. The van der Waals surface area contributed by atoms with Crippen LogP contribution in [0, 0.1) is 40.4 Å². The molecule has 440 valence electrons. The summed E-state index contributed by atoms with van der Waals surface area (Å²) in [4.78, 5) is 41.7. The van der Waals surface area contributed by atoms with Crippen LogP contribution in [-0.2, 0) is 38.1 Å². The number of hydrogen-bond donors (Lipinski definition) is 9. The lowest BCUT2D eigenvalue weighted by Crippen LogP contribution is -2.63. The lowest BCUT2D eigenvalue weighted by Gasteiger charge is -2.59. The lowest BCUT2D eigenvalue weighted by atomic mass is 9.46. The van der Waals surface area contributed by atoms with Crippen LogP contribution in [0.5, 0.6) is 0 Å². The van der Waals surface area contributed by atoms with Crippen molar-refractivity contribution >= 4 is 17.7 Å². The molecule has 3 aliphatic heterocycles. The number of allylic oxidation sites excluding steroid dienone is 4. The number of hydrogen-bond acceptors (Lipinski definition) is 17. The number of esters is 1. The van der Waals surface area contributed by atoms with Crippen molar-refractivity contribution in [1.82, 2.24) is 15.5 Å². The van der Waals surface area contributed by atoms with E-state index in [4.69, 9.17) is 23.7 Å². The molecule has 7 rings (SSSR count). The van der Waals surface area contributed by atoms with Crippen LogP contribution < -0.4 is 10.6 Å². The number of carbonyl (C=O) groups excluding carboxylic acids is 3. The van der Waals surface area contributed by atoms with Crippen LogP contribution in [0.4, 0.5) is 0 Å². The Bertz CT molecular complexity index is 1930. The first-order valence-electron chi connectivity index (χ1n) is 28.3. The quantitative estimate of drug-likeness (QED) is 0.118. The van der Waals surface area contributed by atoms with Crippen molar-refractivity contribution in [2.75, 3.05) is 40.8 Å². The smallest absolute Gasteiger partial charge is 0.309 e. The number of rotatable bonds is 9. The van der Waals surface area contributed by atoms with Crippen molar-refractivity contribution < 1.29 is 79.3 Å². The van der Waals surface area contributed by atoms with Gasteiger partial charge in [0.1, 0.15) is 23.9 Å². The third-order valence-electron chi connectivity index (χ3n) is 18.6. The standard InChI is InChI=1S/C47H76N2O11.C8H16O4.C2H7N.H2O/c1-8-37-41(54)40(53)30(5)49(22-10-13-35(51)42(27(2)24-28(3)43(55)59-37)60-38-14-9-12-29(4)58-38)23-11-21-48-44(56)47(57)20-18-34-33-16-15-31-25-32(50)17-19-45(31,6)39(33)36(52)26-46(34,47)7;1-5-7(10)8(2,11-3)4-6(9)12-5;1-3-2;/h17,19,25,27-30,33-42,51-54,57H,8-16,18,20-24,26H2,1-7H3,(H,48,56);5-7,9-10H,4H2,1-3H3;3H,1-2H3;1H2/t27-,28+,29+,30+,33?,34?,35+,36-,37+,38-,39?,40+,41+,42+,45-,46-,47-;5?,6-,7+,8-;;/m00../s1. The van der Waals surface area contributed by atoms with Crippen molar-refractivity contribution in [3.8, 4) is 0 Å². The van der Waals surface area contributed by atoms with Crippen LogP contribution in [0.25, 0.3) is 0 Å². The van der Waals surface area contributed by atoms with Gasteiger partial charge >= 0.3 is 5.97 Å². The molecule has 11 N–H and O–H groups in total. The van der Waals surface area contributed by atoms with Crippen molar-refractivity contribution in [3.63, 3.8) is 0 Å². The minimum absolute atomic E-state index is 0. The van der Waals surface area contributed by atoms with E-state index in [9.17, 15) is 50.1 Å². The minimum atomic E-state index is -1.66. The van der Waals surface area contributed by atoms with Crippen LogP contribution in [0.15, 0.2) is 23.8 Å². The van der Waals surface area contributed by atoms with E-state index >= 15 is 0 Å². The largest absolute Gasteiger partial charge is 0.459 e. The Morgan fingerprint density at radius 3 is 2.22 bits per heavy atom. The van der Waals surface area contributed by atoms with Gasteiger partial charge in [-0.05, 0) is 162 Å². The number of aliphatic hydroxyl groups is 7. The monoisotopic (exact) mass is 1080 g/mol. The van der Waals surface area contributed by atoms with Crippen LogP contribution in [0.1, 0.15) is 152 Å². The molecule has 3 saturated carbocycles. The van der Waals surface area contributed by atoms with Gasteiger partial charge in [0.05, 0.1) is 48.1 Å². The molecule has 0 aromatic rings. The van der Waals surface area contributed by atoms with E-state index in [1.54, 1.807) is 39.8 Å². The fraction of sp³-hybridized carbons (Fsp3) is 0.877. The Balaban J connectivity index is 0.000000676. The molecule has 6 fully saturated rings. The van der Waals surface area contributed by atoms with E-state index in [1.807, 2.05) is 52.8 Å². The lowest BCUT2D eigenvalue weighted by molar-refractivity contribution is -0.263. The van der Waals surface area contributed by atoms with E-state index in [0.717, 1.165) is 37.7 Å². The maximum atomic E-state index is 14.1. The maximum absolute atomic E-state index is 14.1. The highest BCUT2D eigenvalue weighted by molar-refractivity contribution is 6.01. The van der Waals surface area contributed by atoms with E-state index in [1.165, 1.54) is 7.11 Å². The van der Waals surface area contributed by atoms with E-state index < -0.39 is 107 Å². The first-order chi connectivity index (χ1) is 35.2. The van der Waals surface area contributed by atoms with Crippen molar-refractivity contribution in [2.24, 2.45) is 40.4 Å². The number of nitrogens with zero attached hydrogens (tertiary/aromatic N) is 1. The van der Waals surface area contributed by atoms with Gasteiger partial charge in [-0.25, -0.2) is 0 Å². The Hall–Kier alpha value is -2.47. The summed E-state index contributed by atoms with van der Waals surface area (Å²) in [6.45, 7) is 18.1. The van der Waals surface area contributed by atoms with Gasteiger partial charge < -0.3 is 75.5 Å². The average Bonchev–Trinajstić information content (AvgIpc) is 3.63. The number of fused-ring (bicyclic) bond motifs is 5. The maximum Gasteiger partial charge on any atom is 0.309 e. The number of ether oxygens (including phenoxy) is 5. The van der Waals surface area contributed by atoms with Crippen molar-refractivity contribution in [1.29, 1.82) is 0 Å². The number of ketones is 1. The van der Waals surface area contributed by atoms with Gasteiger partial charge in [-0.2, -0.15) is 0 Å². The zero-order chi connectivity index (χ0) is 55.8. The molecule has 4 unspecified atom stereocenters. The highest BCUT2D eigenvalue weighted by Gasteiger charge is 2.68. The summed E-state index contributed by atoms with van der Waals surface area (Å²) in [5.74, 6) is -1.63. The summed E-state index contributed by atoms with van der Waals surface area (Å²) >= 11 is 0. The Kier molecular flexibility index (Phi) is 24.6. The summed E-state index contributed by atoms with van der Waals surface area (Å²) in [6, 6.07) is -0.563. The predicted molar refractivity (Wildman–Crippen MR) is 286 cm³/mol. The number of methoxy groups -OCH3 is 1. The van der Waals surface area contributed by atoms with Gasteiger partial charge in [0.25, 0.3) is 5.91 Å². The van der Waals surface area contributed by atoms with Gasteiger partial charge in [0.15, 0.2) is 18.4 Å². The molecule has 19 nitrogen and oxygen atoms in total. The van der Waals surface area contributed by atoms with Gasteiger partial charge in [0.2, 0.25) is 0 Å². The normalized spacial score (nSPS) is 44.2. The van der Waals surface area contributed by atoms with Crippen LogP contribution in [0.3, 0.4) is 0 Å². The molecular weight excluding hydrogens is 983 g/mol. The van der Waals surface area contributed by atoms with E-state index in [-0.39, 0.29) is 54.0 Å². The van der Waals surface area contributed by atoms with Gasteiger partial charge in [-0.15, -0.1) is 0 Å². The van der Waals surface area contributed by atoms with Gasteiger partial charge in [-0.1, -0.05) is 46.3 Å². The molecule has 0 aromatic carbocycles. The molecule has 4 aliphatic carbocycles. The first-order valence-corrected chi connectivity index (χ1v) is 28.3. The molecule has 0 aromatic heterocycles. The van der Waals surface area contributed by atoms with E-state index in [2.05, 4.69) is 17.6 Å². The minimum Gasteiger partial charge on any atom is -0.459 e. The van der Waals surface area contributed by atoms with Crippen LogP contribution in [0.2, 0.25) is 0 Å². The molecule has 3 saturated heterocycles. The molecular formula is C57H101N3O16. The van der Waals surface area contributed by atoms with Gasteiger partial charge in [-0.3, -0.25) is 19.3 Å². The molecule has 0 radical (unpaired) electrons. The van der Waals surface area contributed by atoms with Gasteiger partial charge in [0, 0.05) is 49.4 Å². The molecule has 3 heterocycles. The third-order valence-corrected chi connectivity index (χ3v) is 18.6. The SMILES string of the molecule is CC[C@H]1OC(=O)[C@H](C)C[C@H](C)[C@@H](O[C@H]2CCC[C@@H](C)O2)[C@H](O)CCCN(CCCNC(=O)[C@@]2(O)CCC3C4CCC5=CC(=O)C=C[C@]5(C)C4[C@@H](O)C[C@@]32C)[C@H](C)[C@@H](O)[C@@H]1O.CNC.CO[C@@]1(C)C[C@@H](O)OC(C)[C@H]1O.O. The molecule has 1 amide bonds. The molecule has 0 bridgehead atoms. The zero-order valence-electron chi connectivity index (χ0n) is 47.9. The summed E-state index contributed by atoms with van der Waals surface area (Å²) in [5.41, 5.74) is -2.56. The number of carbonyl (C=O) groups is 3. The Morgan fingerprint density at radius 1 is 0.895 bits per heavy atom. The highest BCUT2D eigenvalue weighted by Crippen LogP contribution is 2.67. The number of amides is 1. The third kappa shape index (κ3) is 14.7. The molecule has 19 heteroatoms. The molecule has 21 atom stereocenters. The summed E-state index contributed by atoms with van der Waals surface area (Å²) < 4.78 is 28.5. The fourth-order valence-electron chi connectivity index (χ4n) is 14.1. The fourth-order valence-corrected chi connectivity index (χ4v) is 14.1. The predicted octanol–water partition coefficient (Wildman–Crippen LogP) is 3.24. The Labute approximate surface area is 453 Å². The topological polar surface area (TPSA) is 298 Å². The highest BCUT2D eigenvalue weighted by atomic mass is 16.7. The zero-order valence-corrected chi connectivity index (χ0v) is 47.9. The molecule has 76 heavy (non-hydrogen) atoms. The number of aliphatic hydroxyl groups excluding tert-OH is 6. The molecule has 0 spiro atoms. The Morgan fingerprint density at radius 2 is 1.58 bits per heavy atom. The second-order valence-electron chi connectivity index (χ2n) is 24.1.